The van der Waals surface area contributed by atoms with Gasteiger partial charge in [-0.1, -0.05) is 67.6 Å². The summed E-state index contributed by atoms with van der Waals surface area (Å²) >= 11 is 0. The van der Waals surface area contributed by atoms with Gasteiger partial charge in [0.05, 0.1) is 18.1 Å². The van der Waals surface area contributed by atoms with Crippen LogP contribution in [0.2, 0.25) is 0 Å². The third-order valence-corrected chi connectivity index (χ3v) is 5.01. The molecule has 142 valence electrons. The molecule has 1 heterocycles. The van der Waals surface area contributed by atoms with Crippen LogP contribution in [0.1, 0.15) is 24.5 Å². The van der Waals surface area contributed by atoms with E-state index < -0.39 is 18.1 Å². The minimum atomic E-state index is -0.816. The molecule has 3 atom stereocenters. The molecule has 5 heteroatoms. The number of ether oxygens (including phenoxy) is 1. The van der Waals surface area contributed by atoms with Gasteiger partial charge in [0, 0.05) is 0 Å². The van der Waals surface area contributed by atoms with E-state index in [0.29, 0.717) is 19.3 Å². The molecule has 2 aromatic rings. The molecule has 0 unspecified atom stereocenters. The third-order valence-electron chi connectivity index (χ3n) is 5.01. The first-order chi connectivity index (χ1) is 13.1. The Morgan fingerprint density at radius 1 is 1.11 bits per heavy atom. The summed E-state index contributed by atoms with van der Waals surface area (Å²) in [5, 5.41) is 10.5. The van der Waals surface area contributed by atoms with Gasteiger partial charge >= 0.3 is 6.09 Å². The maximum Gasteiger partial charge on any atom is 0.416 e. The van der Waals surface area contributed by atoms with Gasteiger partial charge in [0.1, 0.15) is 6.61 Å². The SMILES string of the molecule is CC[C@@H](O)[C@H](Cc1ccccc1)C(=O)N1C(=O)OC[C@@H]1Cc1ccccc1. The molecule has 1 aliphatic rings. The summed E-state index contributed by atoms with van der Waals surface area (Å²) in [7, 11) is 0. The van der Waals surface area contributed by atoms with Gasteiger partial charge in [-0.25, -0.2) is 9.69 Å². The fourth-order valence-corrected chi connectivity index (χ4v) is 3.49. The minimum Gasteiger partial charge on any atom is -0.447 e. The molecule has 0 aromatic heterocycles. The van der Waals surface area contributed by atoms with E-state index in [1.54, 1.807) is 0 Å². The fraction of sp³-hybridized carbons (Fsp3) is 0.364. The highest BCUT2D eigenvalue weighted by Gasteiger charge is 2.42. The number of carbonyl (C=O) groups is 2. The number of rotatable bonds is 7. The Morgan fingerprint density at radius 2 is 1.70 bits per heavy atom. The molecule has 1 aliphatic heterocycles. The number of hydrogen-bond acceptors (Lipinski definition) is 4. The van der Waals surface area contributed by atoms with Crippen molar-refractivity contribution in [1.29, 1.82) is 0 Å². The lowest BCUT2D eigenvalue weighted by Crippen LogP contribution is -2.47. The summed E-state index contributed by atoms with van der Waals surface area (Å²) in [6.07, 6.45) is -0.0734. The van der Waals surface area contributed by atoms with Gasteiger partial charge in [0.25, 0.3) is 0 Å². The van der Waals surface area contributed by atoms with Gasteiger partial charge in [0.15, 0.2) is 0 Å². The molecule has 0 radical (unpaired) electrons. The van der Waals surface area contributed by atoms with Gasteiger partial charge in [-0.3, -0.25) is 4.79 Å². The number of aliphatic hydroxyl groups excluding tert-OH is 1. The molecule has 27 heavy (non-hydrogen) atoms. The predicted molar refractivity (Wildman–Crippen MR) is 102 cm³/mol. The maximum atomic E-state index is 13.2. The summed E-state index contributed by atoms with van der Waals surface area (Å²) < 4.78 is 5.17. The Balaban J connectivity index is 1.80. The van der Waals surface area contributed by atoms with Crippen molar-refractivity contribution in [3.8, 4) is 0 Å². The molecular formula is C22H25NO4. The number of aliphatic hydroxyl groups is 1. The van der Waals surface area contributed by atoms with Gasteiger partial charge in [-0.2, -0.15) is 0 Å². The van der Waals surface area contributed by atoms with Crippen molar-refractivity contribution in [1.82, 2.24) is 4.90 Å². The molecule has 2 amide bonds. The molecule has 2 aromatic carbocycles. The van der Waals surface area contributed by atoms with Crippen molar-refractivity contribution in [2.24, 2.45) is 5.92 Å². The lowest BCUT2D eigenvalue weighted by Gasteiger charge is -2.27. The topological polar surface area (TPSA) is 66.8 Å². The summed E-state index contributed by atoms with van der Waals surface area (Å²) in [6.45, 7) is 2.01. The first-order valence-corrected chi connectivity index (χ1v) is 9.36. The van der Waals surface area contributed by atoms with Crippen LogP contribution in [0, 0.1) is 5.92 Å². The zero-order chi connectivity index (χ0) is 19.2. The van der Waals surface area contributed by atoms with Crippen LogP contribution in [0.15, 0.2) is 60.7 Å². The number of imide groups is 1. The van der Waals surface area contributed by atoms with E-state index in [1.807, 2.05) is 67.6 Å². The number of carbonyl (C=O) groups excluding carboxylic acids is 2. The van der Waals surface area contributed by atoms with Crippen LogP contribution in [0.4, 0.5) is 4.79 Å². The average Bonchev–Trinajstić information content (AvgIpc) is 3.06. The summed E-state index contributed by atoms with van der Waals surface area (Å²) in [4.78, 5) is 26.7. The molecule has 0 aliphatic carbocycles. The second kappa shape index (κ2) is 8.82. The highest BCUT2D eigenvalue weighted by molar-refractivity contribution is 5.95. The number of benzene rings is 2. The number of cyclic esters (lactones) is 1. The van der Waals surface area contributed by atoms with Gasteiger partial charge < -0.3 is 9.84 Å². The zero-order valence-corrected chi connectivity index (χ0v) is 15.5. The Morgan fingerprint density at radius 3 is 2.30 bits per heavy atom. The van der Waals surface area contributed by atoms with E-state index >= 15 is 0 Å². The van der Waals surface area contributed by atoms with Crippen LogP contribution >= 0.6 is 0 Å². The highest BCUT2D eigenvalue weighted by atomic mass is 16.6. The van der Waals surface area contributed by atoms with Crippen LogP contribution in [0.5, 0.6) is 0 Å². The standard InChI is InChI=1S/C22H25NO4/c1-2-20(24)19(14-17-11-7-4-8-12-17)21(25)23-18(15-27-22(23)26)13-16-9-5-3-6-10-16/h3-12,18-20,24H,2,13-15H2,1H3/t18-,19-,20+/m0/s1. The van der Waals surface area contributed by atoms with E-state index in [-0.39, 0.29) is 18.6 Å². The molecule has 1 saturated heterocycles. The second-order valence-electron chi connectivity index (χ2n) is 6.90. The first-order valence-electron chi connectivity index (χ1n) is 9.36. The van der Waals surface area contributed by atoms with Crippen LogP contribution in [-0.2, 0) is 22.4 Å². The normalized spacial score (nSPS) is 18.8. The fourth-order valence-electron chi connectivity index (χ4n) is 3.49. The Labute approximate surface area is 159 Å². The highest BCUT2D eigenvalue weighted by Crippen LogP contribution is 2.24. The molecule has 1 fully saturated rings. The van der Waals surface area contributed by atoms with Crippen LogP contribution < -0.4 is 0 Å². The maximum absolute atomic E-state index is 13.2. The molecular weight excluding hydrogens is 342 g/mol. The molecule has 0 saturated carbocycles. The van der Waals surface area contributed by atoms with E-state index in [0.717, 1.165) is 11.1 Å². The van der Waals surface area contributed by atoms with Gasteiger partial charge in [-0.05, 0) is 30.4 Å². The zero-order valence-electron chi connectivity index (χ0n) is 15.5. The molecule has 5 nitrogen and oxygen atoms in total. The van der Waals surface area contributed by atoms with Crippen molar-refractivity contribution in [2.45, 2.75) is 38.3 Å². The average molecular weight is 367 g/mol. The van der Waals surface area contributed by atoms with E-state index in [2.05, 4.69) is 0 Å². The number of nitrogens with zero attached hydrogens (tertiary/aromatic N) is 1. The van der Waals surface area contributed by atoms with Crippen molar-refractivity contribution in [3.05, 3.63) is 71.8 Å². The van der Waals surface area contributed by atoms with Gasteiger partial charge in [-0.15, -0.1) is 0 Å². The second-order valence-corrected chi connectivity index (χ2v) is 6.90. The van der Waals surface area contributed by atoms with Crippen molar-refractivity contribution in [2.75, 3.05) is 6.61 Å². The predicted octanol–water partition coefficient (Wildman–Crippen LogP) is 3.21. The van der Waals surface area contributed by atoms with Crippen LogP contribution in [-0.4, -0.2) is 40.8 Å². The Kier molecular flexibility index (Phi) is 6.24. The molecule has 1 N–H and O–H groups in total. The van der Waals surface area contributed by atoms with Crippen LogP contribution in [0.25, 0.3) is 0 Å². The van der Waals surface area contributed by atoms with Crippen molar-refractivity contribution in [3.63, 3.8) is 0 Å². The minimum absolute atomic E-state index is 0.180. The van der Waals surface area contributed by atoms with E-state index in [4.69, 9.17) is 4.74 Å². The summed E-state index contributed by atoms with van der Waals surface area (Å²) in [5.74, 6) is -1.04. The number of amides is 2. The van der Waals surface area contributed by atoms with Crippen molar-refractivity contribution < 1.29 is 19.4 Å². The lowest BCUT2D eigenvalue weighted by atomic mass is 9.90. The molecule has 3 rings (SSSR count). The monoisotopic (exact) mass is 367 g/mol. The lowest BCUT2D eigenvalue weighted by molar-refractivity contribution is -0.137. The van der Waals surface area contributed by atoms with Gasteiger partial charge in [0.2, 0.25) is 5.91 Å². The van der Waals surface area contributed by atoms with Crippen molar-refractivity contribution >= 4 is 12.0 Å². The Hall–Kier alpha value is -2.66. The summed E-state index contributed by atoms with van der Waals surface area (Å²) in [6, 6.07) is 18.9. The Bertz CT molecular complexity index is 762. The smallest absolute Gasteiger partial charge is 0.416 e. The third kappa shape index (κ3) is 4.55. The van der Waals surface area contributed by atoms with E-state index in [9.17, 15) is 14.7 Å². The first kappa shape index (κ1) is 19.1. The van der Waals surface area contributed by atoms with Crippen LogP contribution in [0.3, 0.4) is 0 Å². The number of hydrogen-bond donors (Lipinski definition) is 1. The van der Waals surface area contributed by atoms with E-state index in [1.165, 1.54) is 4.90 Å². The quantitative estimate of drug-likeness (QED) is 0.816. The largest absolute Gasteiger partial charge is 0.447 e. The molecule has 0 bridgehead atoms. The summed E-state index contributed by atoms with van der Waals surface area (Å²) in [5.41, 5.74) is 1.99. The molecule has 0 spiro atoms.